The third kappa shape index (κ3) is 3.23. The first kappa shape index (κ1) is 15.1. The lowest BCUT2D eigenvalue weighted by molar-refractivity contribution is -0.144. The zero-order valence-corrected chi connectivity index (χ0v) is 13.1. The van der Waals surface area contributed by atoms with Crippen LogP contribution in [-0.2, 0) is 16.9 Å². The largest absolute Gasteiger partial charge is 0.480 e. The molecule has 2 rings (SSSR count). The molecule has 0 radical (unpaired) electrons. The fraction of sp³-hybridized carbons (Fsp3) is 0.267. The van der Waals surface area contributed by atoms with E-state index in [0.717, 1.165) is 15.3 Å². The molecule has 0 fully saturated rings. The van der Waals surface area contributed by atoms with Crippen LogP contribution in [0.4, 0.5) is 0 Å². The lowest BCUT2D eigenvalue weighted by Crippen LogP contribution is -2.46. The Morgan fingerprint density at radius 2 is 2.05 bits per heavy atom. The Morgan fingerprint density at radius 3 is 2.55 bits per heavy atom. The maximum atomic E-state index is 11.7. The molecule has 1 aromatic carbocycles. The van der Waals surface area contributed by atoms with Gasteiger partial charge >= 0.3 is 5.97 Å². The van der Waals surface area contributed by atoms with Gasteiger partial charge in [-0.25, -0.2) is 4.79 Å². The van der Waals surface area contributed by atoms with E-state index in [1.54, 1.807) is 30.0 Å². The quantitative estimate of drug-likeness (QED) is 0.801. The van der Waals surface area contributed by atoms with Gasteiger partial charge < -0.3 is 5.11 Å². The van der Waals surface area contributed by atoms with Crippen molar-refractivity contribution in [1.29, 1.82) is 0 Å². The number of benzene rings is 1. The van der Waals surface area contributed by atoms with Crippen molar-refractivity contribution in [2.45, 2.75) is 23.9 Å². The Morgan fingerprint density at radius 1 is 1.35 bits per heavy atom. The van der Waals surface area contributed by atoms with Gasteiger partial charge in [-0.05, 0) is 42.3 Å². The first-order chi connectivity index (χ1) is 9.56. The maximum Gasteiger partial charge on any atom is 0.328 e. The molecule has 0 spiro atoms. The standard InChI is InChI=1S/C15H17NO2S2/c1-15(14(17)18,16-10-13-4-3-9-20-13)11-5-7-12(19-2)8-6-11/h3-9,16H,10H2,1-2H3,(H,17,18). The zero-order chi connectivity index (χ0) is 14.6. The lowest BCUT2D eigenvalue weighted by atomic mass is 9.92. The summed E-state index contributed by atoms with van der Waals surface area (Å²) in [5, 5.41) is 14.7. The molecule has 0 aliphatic heterocycles. The summed E-state index contributed by atoms with van der Waals surface area (Å²) in [5.74, 6) is -0.869. The number of thiophene rings is 1. The SMILES string of the molecule is CSc1ccc(C(C)(NCc2cccs2)C(=O)O)cc1. The predicted octanol–water partition coefficient (Wildman–Crippen LogP) is 3.56. The van der Waals surface area contributed by atoms with Crippen molar-refractivity contribution in [3.05, 3.63) is 52.2 Å². The molecule has 1 heterocycles. The summed E-state index contributed by atoms with van der Waals surface area (Å²) in [4.78, 5) is 13.9. The molecule has 1 unspecified atom stereocenters. The second kappa shape index (κ2) is 6.43. The van der Waals surface area contributed by atoms with Crippen LogP contribution < -0.4 is 5.32 Å². The topological polar surface area (TPSA) is 49.3 Å². The molecule has 0 saturated heterocycles. The highest BCUT2D eigenvalue weighted by Gasteiger charge is 2.34. The molecule has 0 aliphatic rings. The third-order valence-corrected chi connectivity index (χ3v) is 4.91. The fourth-order valence-corrected chi connectivity index (χ4v) is 2.96. The summed E-state index contributed by atoms with van der Waals surface area (Å²) in [6, 6.07) is 11.6. The minimum atomic E-state index is -1.08. The van der Waals surface area contributed by atoms with E-state index in [2.05, 4.69) is 5.32 Å². The third-order valence-electron chi connectivity index (χ3n) is 3.29. The smallest absolute Gasteiger partial charge is 0.328 e. The van der Waals surface area contributed by atoms with E-state index in [-0.39, 0.29) is 0 Å². The molecule has 2 N–H and O–H groups in total. The average Bonchev–Trinajstić information content (AvgIpc) is 2.98. The van der Waals surface area contributed by atoms with Crippen molar-refractivity contribution < 1.29 is 9.90 Å². The summed E-state index contributed by atoms with van der Waals surface area (Å²) in [6.45, 7) is 2.25. The second-order valence-electron chi connectivity index (χ2n) is 4.59. The van der Waals surface area contributed by atoms with Crippen LogP contribution in [0.1, 0.15) is 17.4 Å². The van der Waals surface area contributed by atoms with Gasteiger partial charge in [0.15, 0.2) is 0 Å². The monoisotopic (exact) mass is 307 g/mol. The molecular weight excluding hydrogens is 290 g/mol. The summed E-state index contributed by atoms with van der Waals surface area (Å²) >= 11 is 3.26. The van der Waals surface area contributed by atoms with E-state index in [1.807, 2.05) is 48.0 Å². The predicted molar refractivity (Wildman–Crippen MR) is 84.4 cm³/mol. The van der Waals surface area contributed by atoms with E-state index in [0.29, 0.717) is 6.54 Å². The highest BCUT2D eigenvalue weighted by atomic mass is 32.2. The first-order valence-corrected chi connectivity index (χ1v) is 8.32. The van der Waals surface area contributed by atoms with Gasteiger partial charge in [-0.15, -0.1) is 23.1 Å². The van der Waals surface area contributed by atoms with Gasteiger partial charge in [0, 0.05) is 16.3 Å². The summed E-state index contributed by atoms with van der Waals surface area (Å²) < 4.78 is 0. The van der Waals surface area contributed by atoms with Gasteiger partial charge in [0.2, 0.25) is 0 Å². The number of carboxylic acids is 1. The van der Waals surface area contributed by atoms with Gasteiger partial charge in [-0.3, -0.25) is 5.32 Å². The van der Waals surface area contributed by atoms with Crippen molar-refractivity contribution in [3.63, 3.8) is 0 Å². The Labute approximate surface area is 127 Å². The molecule has 2 aromatic rings. The maximum absolute atomic E-state index is 11.7. The average molecular weight is 307 g/mol. The van der Waals surface area contributed by atoms with Crippen LogP contribution in [0.15, 0.2) is 46.7 Å². The number of thioether (sulfide) groups is 1. The molecule has 5 heteroatoms. The van der Waals surface area contributed by atoms with Gasteiger partial charge in [0.1, 0.15) is 5.54 Å². The van der Waals surface area contributed by atoms with Crippen LogP contribution in [0.2, 0.25) is 0 Å². The van der Waals surface area contributed by atoms with Crippen LogP contribution in [0.25, 0.3) is 0 Å². The fourth-order valence-electron chi connectivity index (χ4n) is 1.90. The van der Waals surface area contributed by atoms with Gasteiger partial charge in [0.25, 0.3) is 0 Å². The second-order valence-corrected chi connectivity index (χ2v) is 6.50. The molecule has 0 saturated carbocycles. The molecule has 1 atom stereocenters. The Bertz CT molecular complexity index is 566. The van der Waals surface area contributed by atoms with Crippen LogP contribution in [-0.4, -0.2) is 17.3 Å². The van der Waals surface area contributed by atoms with Crippen molar-refractivity contribution in [3.8, 4) is 0 Å². The van der Waals surface area contributed by atoms with Crippen molar-refractivity contribution in [2.75, 3.05) is 6.26 Å². The Kier molecular flexibility index (Phi) is 4.86. The van der Waals surface area contributed by atoms with Gasteiger partial charge in [-0.1, -0.05) is 18.2 Å². The minimum absolute atomic E-state index is 0.546. The Balaban J connectivity index is 2.21. The lowest BCUT2D eigenvalue weighted by Gasteiger charge is -2.27. The van der Waals surface area contributed by atoms with Gasteiger partial charge in [0.05, 0.1) is 0 Å². The molecule has 3 nitrogen and oxygen atoms in total. The molecule has 0 amide bonds. The summed E-state index contributed by atoms with van der Waals surface area (Å²) in [7, 11) is 0. The molecule has 1 aromatic heterocycles. The molecule has 0 bridgehead atoms. The summed E-state index contributed by atoms with van der Waals surface area (Å²) in [5.41, 5.74) is -0.319. The zero-order valence-electron chi connectivity index (χ0n) is 11.4. The number of aliphatic carboxylic acids is 1. The molecule has 20 heavy (non-hydrogen) atoms. The first-order valence-electron chi connectivity index (χ1n) is 6.21. The normalized spacial score (nSPS) is 13.9. The number of carbonyl (C=O) groups is 1. The molecule has 0 aliphatic carbocycles. The minimum Gasteiger partial charge on any atom is -0.480 e. The summed E-state index contributed by atoms with van der Waals surface area (Å²) in [6.07, 6.45) is 2.00. The molecular formula is C15H17NO2S2. The highest BCUT2D eigenvalue weighted by Crippen LogP contribution is 2.25. The van der Waals surface area contributed by atoms with Crippen molar-refractivity contribution in [1.82, 2.24) is 5.32 Å². The number of carboxylic acid groups (broad SMARTS) is 1. The molecule has 106 valence electrons. The van der Waals surface area contributed by atoms with Crippen molar-refractivity contribution >= 4 is 29.1 Å². The van der Waals surface area contributed by atoms with E-state index in [1.165, 1.54) is 0 Å². The van der Waals surface area contributed by atoms with Crippen LogP contribution in [0.3, 0.4) is 0 Å². The Hall–Kier alpha value is -1.30. The highest BCUT2D eigenvalue weighted by molar-refractivity contribution is 7.98. The van der Waals surface area contributed by atoms with Gasteiger partial charge in [-0.2, -0.15) is 0 Å². The van der Waals surface area contributed by atoms with Crippen molar-refractivity contribution in [2.24, 2.45) is 0 Å². The van der Waals surface area contributed by atoms with Crippen LogP contribution in [0.5, 0.6) is 0 Å². The number of hydrogen-bond acceptors (Lipinski definition) is 4. The van der Waals surface area contributed by atoms with E-state index in [4.69, 9.17) is 0 Å². The van der Waals surface area contributed by atoms with E-state index >= 15 is 0 Å². The van der Waals surface area contributed by atoms with Crippen LogP contribution in [0, 0.1) is 0 Å². The number of rotatable bonds is 6. The number of nitrogens with one attached hydrogen (secondary N) is 1. The van der Waals surface area contributed by atoms with E-state index < -0.39 is 11.5 Å². The number of hydrogen-bond donors (Lipinski definition) is 2. The van der Waals surface area contributed by atoms with E-state index in [9.17, 15) is 9.90 Å². The van der Waals surface area contributed by atoms with Crippen LogP contribution >= 0.6 is 23.1 Å².